The van der Waals surface area contributed by atoms with Gasteiger partial charge in [0.05, 0.1) is 37.6 Å². The van der Waals surface area contributed by atoms with Crippen molar-refractivity contribution in [3.8, 4) is 0 Å². The van der Waals surface area contributed by atoms with Gasteiger partial charge in [0.2, 0.25) is 0 Å². The molecule has 8 rings (SSSR count). The fourth-order valence-corrected chi connectivity index (χ4v) is 14.0. The van der Waals surface area contributed by atoms with Crippen molar-refractivity contribution >= 4 is 0 Å². The van der Waals surface area contributed by atoms with E-state index in [0.717, 1.165) is 44.1 Å². The zero-order valence-corrected chi connectivity index (χ0v) is 36.9. The van der Waals surface area contributed by atoms with Crippen LogP contribution in [0.1, 0.15) is 92.9 Å². The van der Waals surface area contributed by atoms with Gasteiger partial charge in [0, 0.05) is 0 Å². The summed E-state index contributed by atoms with van der Waals surface area (Å²) in [5, 5.41) is 108. The molecule has 4 heterocycles. The number of fused-ring (bicyclic) bond motifs is 7. The average Bonchev–Trinajstić information content (AvgIpc) is 3.54. The Morgan fingerprint density at radius 2 is 1.19 bits per heavy atom. The lowest BCUT2D eigenvalue weighted by Crippen LogP contribution is -2.67. The number of rotatable bonds is 9. The van der Waals surface area contributed by atoms with Crippen molar-refractivity contribution in [1.82, 2.24) is 0 Å². The van der Waals surface area contributed by atoms with Crippen LogP contribution in [-0.4, -0.2) is 181 Å². The van der Waals surface area contributed by atoms with Gasteiger partial charge < -0.3 is 84.2 Å². The van der Waals surface area contributed by atoms with E-state index in [1.807, 2.05) is 13.8 Å². The second-order valence-electron chi connectivity index (χ2n) is 21.0. The first-order valence-electron chi connectivity index (χ1n) is 23.2. The molecule has 0 aromatic rings. The lowest BCUT2D eigenvalue weighted by atomic mass is 9.44. The van der Waals surface area contributed by atoms with Crippen molar-refractivity contribution < 1.29 is 84.2 Å². The second-order valence-corrected chi connectivity index (χ2v) is 21.0. The minimum atomic E-state index is -1.81. The molecule has 0 aromatic heterocycles. The van der Waals surface area contributed by atoms with Crippen LogP contribution in [-0.2, 0) is 33.2 Å². The Hall–Kier alpha value is -0.940. The first-order valence-corrected chi connectivity index (χ1v) is 23.2. The zero-order chi connectivity index (χ0) is 44.7. The second kappa shape index (κ2) is 18.3. The maximum absolute atomic E-state index is 11.5. The molecule has 0 amide bonds. The summed E-state index contributed by atoms with van der Waals surface area (Å²) < 4.78 is 43.1. The SMILES string of the molecule is CC(C)=C[C@H]1O[C@H]2C[C@@H]3[C@H]4CC[C@@H]5C[C@H](O[C@H]6O[C@@H](CO)[C@H](O)[C@@H](O)[C@@H]6O[C@H]6O[C@@H](CO)[C@H](O)[C@@H](O)[C@@H]6O[C@H]6O[C@@H](C)[C@H](O)[C@@H](O)[C@@H]6O)CC[C@@]5(C)[C@@H]4CC[C@]3(C)[C@H]2[C@H](C)[C@@H]1O. The molecule has 17 heteroatoms. The van der Waals surface area contributed by atoms with Crippen LogP contribution >= 0.6 is 0 Å². The van der Waals surface area contributed by atoms with E-state index in [-0.39, 0.29) is 35.1 Å². The minimum absolute atomic E-state index is 0.0603. The number of aliphatic hydroxyl groups excluding tert-OH is 10. The van der Waals surface area contributed by atoms with Crippen molar-refractivity contribution in [3.63, 3.8) is 0 Å². The highest BCUT2D eigenvalue weighted by atomic mass is 16.8. The highest BCUT2D eigenvalue weighted by Gasteiger charge is 2.66. The molecule has 4 aliphatic heterocycles. The minimum Gasteiger partial charge on any atom is -0.394 e. The Balaban J connectivity index is 0.973. The largest absolute Gasteiger partial charge is 0.394 e. The molecule has 356 valence electrons. The van der Waals surface area contributed by atoms with E-state index < -0.39 is 111 Å². The molecule has 62 heavy (non-hydrogen) atoms. The Kier molecular flexibility index (Phi) is 14.0. The highest BCUT2D eigenvalue weighted by molar-refractivity contribution is 5.16. The first kappa shape index (κ1) is 47.5. The van der Waals surface area contributed by atoms with E-state index >= 15 is 0 Å². The van der Waals surface area contributed by atoms with Gasteiger partial charge in [-0.25, -0.2) is 0 Å². The molecule has 27 atom stereocenters. The van der Waals surface area contributed by atoms with Crippen LogP contribution in [0, 0.1) is 46.3 Å². The number of hydrogen-bond donors (Lipinski definition) is 10. The van der Waals surface area contributed by atoms with Gasteiger partial charge in [0.15, 0.2) is 18.9 Å². The van der Waals surface area contributed by atoms with Gasteiger partial charge in [0.1, 0.15) is 73.2 Å². The number of allylic oxidation sites excluding steroid dienone is 1. The third kappa shape index (κ3) is 8.17. The van der Waals surface area contributed by atoms with Crippen molar-refractivity contribution in [2.75, 3.05) is 13.2 Å². The summed E-state index contributed by atoms with van der Waals surface area (Å²) in [5.74, 6) is 2.36. The summed E-state index contributed by atoms with van der Waals surface area (Å²) in [4.78, 5) is 0. The van der Waals surface area contributed by atoms with E-state index in [4.69, 9.17) is 33.2 Å². The molecule has 4 saturated heterocycles. The molecule has 0 radical (unpaired) electrons. The quantitative estimate of drug-likeness (QED) is 0.107. The average molecular weight is 887 g/mol. The van der Waals surface area contributed by atoms with E-state index in [1.165, 1.54) is 6.92 Å². The summed E-state index contributed by atoms with van der Waals surface area (Å²) in [5.41, 5.74) is 1.30. The molecule has 8 aliphatic rings. The topological polar surface area (TPSA) is 267 Å². The Morgan fingerprint density at radius 3 is 1.81 bits per heavy atom. The Bertz CT molecular complexity index is 1570. The summed E-state index contributed by atoms with van der Waals surface area (Å²) in [6, 6.07) is 0. The van der Waals surface area contributed by atoms with Crippen molar-refractivity contribution in [1.29, 1.82) is 0 Å². The predicted octanol–water partition coefficient (Wildman–Crippen LogP) is -0.153. The molecule has 17 nitrogen and oxygen atoms in total. The van der Waals surface area contributed by atoms with Gasteiger partial charge in [-0.05, 0) is 118 Å². The normalized spacial score (nSPS) is 56.5. The fraction of sp³-hybridized carbons (Fsp3) is 0.956. The summed E-state index contributed by atoms with van der Waals surface area (Å²) in [6.45, 7) is 11.3. The molecular formula is C45H74O17. The van der Waals surface area contributed by atoms with Crippen LogP contribution in [0.15, 0.2) is 11.6 Å². The monoisotopic (exact) mass is 886 g/mol. The standard InChI is InChI=1S/C45H74O17/c1-18(2)13-27-31(48)19(3)30-26(58-27)15-25-23-8-7-21-14-22(9-11-44(21,5)24(23)10-12-45(25,30)6)57-42-39(36(53)33(50)28(16-46)59-42)62-43-40(37(54)34(51)29(17-47)60-43)61-41-38(55)35(52)32(49)20(4)56-41/h13,19-43,46-55H,7-12,14-17H2,1-6H3/t19-,20-,21+,22+,23-,24+,25+,26-,27+,28-,29-,30-,31-,32-,33-,34-,35+,36+,37+,38-,39-,40-,41+,42-,43+,44+,45-/m0/s1. The zero-order valence-electron chi connectivity index (χ0n) is 36.9. The highest BCUT2D eigenvalue weighted by Crippen LogP contribution is 2.69. The smallest absolute Gasteiger partial charge is 0.187 e. The van der Waals surface area contributed by atoms with Gasteiger partial charge >= 0.3 is 0 Å². The summed E-state index contributed by atoms with van der Waals surface area (Å²) in [7, 11) is 0. The predicted molar refractivity (Wildman–Crippen MR) is 216 cm³/mol. The number of aliphatic hydroxyl groups is 10. The van der Waals surface area contributed by atoms with Gasteiger partial charge in [-0.1, -0.05) is 32.4 Å². The van der Waals surface area contributed by atoms with Crippen molar-refractivity contribution in [3.05, 3.63) is 11.6 Å². The fourth-order valence-electron chi connectivity index (χ4n) is 14.0. The van der Waals surface area contributed by atoms with Crippen LogP contribution in [0.25, 0.3) is 0 Å². The van der Waals surface area contributed by atoms with Crippen LogP contribution in [0.4, 0.5) is 0 Å². The van der Waals surface area contributed by atoms with Gasteiger partial charge in [-0.2, -0.15) is 0 Å². The summed E-state index contributed by atoms with van der Waals surface area (Å²) >= 11 is 0. The van der Waals surface area contributed by atoms with Crippen LogP contribution in [0.3, 0.4) is 0 Å². The Morgan fingerprint density at radius 1 is 0.597 bits per heavy atom. The summed E-state index contributed by atoms with van der Waals surface area (Å²) in [6.07, 6.45) is -14.5. The number of ether oxygens (including phenoxy) is 7. The molecule has 4 aliphatic carbocycles. The van der Waals surface area contributed by atoms with Gasteiger partial charge in [0.25, 0.3) is 0 Å². The van der Waals surface area contributed by atoms with Crippen LogP contribution in [0.5, 0.6) is 0 Å². The maximum atomic E-state index is 11.5. The van der Waals surface area contributed by atoms with E-state index in [1.54, 1.807) is 0 Å². The van der Waals surface area contributed by atoms with Crippen molar-refractivity contribution in [2.45, 2.75) is 209 Å². The maximum Gasteiger partial charge on any atom is 0.187 e. The van der Waals surface area contributed by atoms with Crippen LogP contribution in [0.2, 0.25) is 0 Å². The van der Waals surface area contributed by atoms with Gasteiger partial charge in [-0.3, -0.25) is 0 Å². The van der Waals surface area contributed by atoms with Gasteiger partial charge in [-0.15, -0.1) is 0 Å². The molecule has 4 saturated carbocycles. The molecule has 0 aromatic carbocycles. The molecule has 0 bridgehead atoms. The number of hydrogen-bond acceptors (Lipinski definition) is 17. The third-order valence-corrected chi connectivity index (χ3v) is 17.3. The molecule has 0 unspecified atom stereocenters. The lowest BCUT2D eigenvalue weighted by molar-refractivity contribution is -0.395. The molecule has 0 spiro atoms. The van der Waals surface area contributed by atoms with E-state index in [9.17, 15) is 51.1 Å². The molecular weight excluding hydrogens is 812 g/mol. The van der Waals surface area contributed by atoms with Crippen LogP contribution < -0.4 is 0 Å². The molecule has 10 N–H and O–H groups in total. The molecule has 8 fully saturated rings. The Labute approximate surface area is 364 Å². The van der Waals surface area contributed by atoms with Crippen molar-refractivity contribution in [2.24, 2.45) is 46.3 Å². The third-order valence-electron chi connectivity index (χ3n) is 17.3. The van der Waals surface area contributed by atoms with E-state index in [2.05, 4.69) is 26.8 Å². The van der Waals surface area contributed by atoms with E-state index in [0.29, 0.717) is 42.4 Å². The lowest BCUT2D eigenvalue weighted by Gasteiger charge is -2.61. The first-order chi connectivity index (χ1) is 29.3.